The normalized spacial score (nSPS) is 10.6. The number of hydrogen-bond acceptors (Lipinski definition) is 5. The summed E-state index contributed by atoms with van der Waals surface area (Å²) in [5.41, 5.74) is 6.91. The van der Waals surface area contributed by atoms with Crippen LogP contribution in [0.25, 0.3) is 0 Å². The first-order valence-electron chi connectivity index (χ1n) is 9.01. The van der Waals surface area contributed by atoms with Crippen LogP contribution in [0.4, 0.5) is 5.69 Å². The van der Waals surface area contributed by atoms with E-state index in [1.165, 1.54) is 17.0 Å². The van der Waals surface area contributed by atoms with Crippen LogP contribution in [0.2, 0.25) is 0 Å². The van der Waals surface area contributed by atoms with Crippen molar-refractivity contribution in [1.82, 2.24) is 4.90 Å². The molecule has 0 heterocycles. The fraction of sp³-hybridized carbons (Fsp3) is 0.286. The van der Waals surface area contributed by atoms with Crippen molar-refractivity contribution >= 4 is 23.4 Å². The highest BCUT2D eigenvalue weighted by Gasteiger charge is 2.19. The average Bonchev–Trinajstić information content (AvgIpc) is 2.64. The van der Waals surface area contributed by atoms with Crippen LogP contribution in [0.15, 0.2) is 30.3 Å². The number of anilines is 1. The Kier molecular flexibility index (Phi) is 6.48. The summed E-state index contributed by atoms with van der Waals surface area (Å²) in [6.07, 6.45) is 0. The lowest BCUT2D eigenvalue weighted by Crippen LogP contribution is -2.33. The predicted molar refractivity (Wildman–Crippen MR) is 109 cm³/mol. The summed E-state index contributed by atoms with van der Waals surface area (Å²) in [6.45, 7) is 7.31. The molecule has 2 rings (SSSR count). The van der Waals surface area contributed by atoms with E-state index < -0.39 is 11.8 Å². The van der Waals surface area contributed by atoms with Crippen molar-refractivity contribution in [2.45, 2.75) is 33.7 Å². The zero-order valence-corrected chi connectivity index (χ0v) is 17.1. The molecule has 8 nitrogen and oxygen atoms in total. The van der Waals surface area contributed by atoms with Gasteiger partial charge in [-0.05, 0) is 69.2 Å². The van der Waals surface area contributed by atoms with Gasteiger partial charge in [0.2, 0.25) is 0 Å². The average molecular weight is 399 g/mol. The third-order valence-corrected chi connectivity index (χ3v) is 4.46. The molecule has 0 atom stereocenters. The molecular formula is C21H25N3O5. The fourth-order valence-electron chi connectivity index (χ4n) is 2.67. The number of primary amides is 1. The lowest BCUT2D eigenvalue weighted by Gasteiger charge is -2.22. The lowest BCUT2D eigenvalue weighted by molar-refractivity contribution is -0.134. The standard InChI is InChI=1S/C21H25N3O5/c1-11(2)24(5)21(28)16-10-15(6-7-17(16)25)29-18-12(3)8-14(9-13(18)4)23-20(27)19(22)26/h6-11,25H,1-5H3,(H2,22,26)(H,23,27). The number of aromatic hydroxyl groups is 1. The van der Waals surface area contributed by atoms with E-state index in [1.54, 1.807) is 39.1 Å². The van der Waals surface area contributed by atoms with E-state index in [0.717, 1.165) is 0 Å². The Bertz CT molecular complexity index is 946. The first kappa shape index (κ1) is 21.7. The van der Waals surface area contributed by atoms with Gasteiger partial charge >= 0.3 is 11.8 Å². The minimum atomic E-state index is -1.08. The van der Waals surface area contributed by atoms with Crippen LogP contribution in [-0.4, -0.2) is 40.8 Å². The number of amides is 3. The quantitative estimate of drug-likeness (QED) is 0.667. The number of carbonyl (C=O) groups excluding carboxylic acids is 3. The SMILES string of the molecule is Cc1cc(NC(=O)C(N)=O)cc(C)c1Oc1ccc(O)c(C(=O)N(C)C(C)C)c1. The number of ether oxygens (including phenoxy) is 1. The van der Waals surface area contributed by atoms with E-state index in [-0.39, 0.29) is 23.3 Å². The first-order valence-corrected chi connectivity index (χ1v) is 9.01. The second-order valence-corrected chi connectivity index (χ2v) is 7.05. The topological polar surface area (TPSA) is 122 Å². The van der Waals surface area contributed by atoms with Gasteiger partial charge in [0.15, 0.2) is 0 Å². The maximum atomic E-state index is 12.6. The number of rotatable bonds is 5. The second kappa shape index (κ2) is 8.64. The summed E-state index contributed by atoms with van der Waals surface area (Å²) < 4.78 is 5.95. The van der Waals surface area contributed by atoms with Crippen molar-refractivity contribution in [3.63, 3.8) is 0 Å². The molecule has 0 unspecified atom stereocenters. The largest absolute Gasteiger partial charge is 0.507 e. The van der Waals surface area contributed by atoms with Gasteiger partial charge in [-0.3, -0.25) is 14.4 Å². The van der Waals surface area contributed by atoms with Crippen molar-refractivity contribution in [3.05, 3.63) is 47.0 Å². The maximum absolute atomic E-state index is 12.6. The van der Waals surface area contributed by atoms with Gasteiger partial charge in [0.1, 0.15) is 17.2 Å². The number of benzene rings is 2. The molecule has 0 aromatic heterocycles. The Hall–Kier alpha value is -3.55. The molecule has 29 heavy (non-hydrogen) atoms. The predicted octanol–water partition coefficient (Wildman–Crippen LogP) is 2.71. The highest BCUT2D eigenvalue weighted by molar-refractivity contribution is 6.39. The summed E-state index contributed by atoms with van der Waals surface area (Å²) >= 11 is 0. The van der Waals surface area contributed by atoms with Crippen molar-refractivity contribution in [3.8, 4) is 17.2 Å². The Morgan fingerprint density at radius 3 is 2.21 bits per heavy atom. The van der Waals surface area contributed by atoms with Gasteiger partial charge in [0, 0.05) is 18.8 Å². The summed E-state index contributed by atoms with van der Waals surface area (Å²) in [7, 11) is 1.66. The van der Waals surface area contributed by atoms with E-state index in [0.29, 0.717) is 28.3 Å². The minimum Gasteiger partial charge on any atom is -0.507 e. The summed E-state index contributed by atoms with van der Waals surface area (Å²) in [5.74, 6) is -1.53. The van der Waals surface area contributed by atoms with Gasteiger partial charge in [-0.15, -0.1) is 0 Å². The van der Waals surface area contributed by atoms with E-state index in [1.807, 2.05) is 13.8 Å². The summed E-state index contributed by atoms with van der Waals surface area (Å²) in [5, 5.41) is 12.5. The molecule has 0 fully saturated rings. The highest BCUT2D eigenvalue weighted by Crippen LogP contribution is 2.33. The third kappa shape index (κ3) is 5.04. The van der Waals surface area contributed by atoms with Gasteiger partial charge < -0.3 is 25.8 Å². The lowest BCUT2D eigenvalue weighted by atomic mass is 10.1. The maximum Gasteiger partial charge on any atom is 0.313 e. The van der Waals surface area contributed by atoms with Crippen molar-refractivity contribution in [2.24, 2.45) is 5.73 Å². The van der Waals surface area contributed by atoms with Crippen LogP contribution in [0.1, 0.15) is 35.3 Å². The van der Waals surface area contributed by atoms with E-state index in [4.69, 9.17) is 10.5 Å². The molecule has 2 aromatic carbocycles. The molecule has 2 aromatic rings. The van der Waals surface area contributed by atoms with Crippen molar-refractivity contribution in [2.75, 3.05) is 12.4 Å². The monoisotopic (exact) mass is 399 g/mol. The number of phenolic OH excluding ortho intramolecular Hbond substituents is 1. The van der Waals surface area contributed by atoms with Gasteiger partial charge in [-0.1, -0.05) is 0 Å². The molecule has 0 aliphatic heterocycles. The van der Waals surface area contributed by atoms with Gasteiger partial charge in [-0.2, -0.15) is 0 Å². The molecule has 3 amide bonds. The molecule has 0 saturated heterocycles. The van der Waals surface area contributed by atoms with Crippen LogP contribution >= 0.6 is 0 Å². The molecule has 0 bridgehead atoms. The number of nitrogens with one attached hydrogen (secondary N) is 1. The molecule has 0 radical (unpaired) electrons. The number of hydrogen-bond donors (Lipinski definition) is 3. The molecule has 8 heteroatoms. The van der Waals surface area contributed by atoms with E-state index in [2.05, 4.69) is 5.32 Å². The van der Waals surface area contributed by atoms with Gasteiger partial charge in [0.25, 0.3) is 5.91 Å². The number of phenols is 1. The Balaban J connectivity index is 2.32. The van der Waals surface area contributed by atoms with Crippen LogP contribution in [0.5, 0.6) is 17.2 Å². The zero-order chi connectivity index (χ0) is 21.9. The Labute approximate surface area is 169 Å². The highest BCUT2D eigenvalue weighted by atomic mass is 16.5. The van der Waals surface area contributed by atoms with Crippen molar-refractivity contribution in [1.29, 1.82) is 0 Å². The molecule has 154 valence electrons. The number of carbonyl (C=O) groups is 3. The molecular weight excluding hydrogens is 374 g/mol. The number of aryl methyl sites for hydroxylation is 2. The molecule has 0 spiro atoms. The molecule has 4 N–H and O–H groups in total. The van der Waals surface area contributed by atoms with Crippen LogP contribution < -0.4 is 15.8 Å². The minimum absolute atomic E-state index is 0.0286. The smallest absolute Gasteiger partial charge is 0.313 e. The van der Waals surface area contributed by atoms with Gasteiger partial charge in [0.05, 0.1) is 5.56 Å². The van der Waals surface area contributed by atoms with Crippen LogP contribution in [0, 0.1) is 13.8 Å². The molecule has 0 saturated carbocycles. The second-order valence-electron chi connectivity index (χ2n) is 7.05. The third-order valence-electron chi connectivity index (χ3n) is 4.46. The summed E-state index contributed by atoms with van der Waals surface area (Å²) in [4.78, 5) is 36.5. The van der Waals surface area contributed by atoms with Crippen molar-refractivity contribution < 1.29 is 24.2 Å². The van der Waals surface area contributed by atoms with Crippen LogP contribution in [0.3, 0.4) is 0 Å². The summed E-state index contributed by atoms with van der Waals surface area (Å²) in [6, 6.07) is 7.70. The number of nitrogens with two attached hydrogens (primary N) is 1. The number of nitrogens with zero attached hydrogens (tertiary/aromatic N) is 1. The zero-order valence-electron chi connectivity index (χ0n) is 17.1. The Morgan fingerprint density at radius 1 is 1.10 bits per heavy atom. The van der Waals surface area contributed by atoms with E-state index >= 15 is 0 Å². The Morgan fingerprint density at radius 2 is 1.69 bits per heavy atom. The van der Waals surface area contributed by atoms with E-state index in [9.17, 15) is 19.5 Å². The fourth-order valence-corrected chi connectivity index (χ4v) is 2.67. The molecule has 0 aliphatic rings. The first-order chi connectivity index (χ1) is 13.5. The molecule has 0 aliphatic carbocycles. The van der Waals surface area contributed by atoms with Crippen LogP contribution in [-0.2, 0) is 9.59 Å². The van der Waals surface area contributed by atoms with Gasteiger partial charge in [-0.25, -0.2) is 0 Å².